The van der Waals surface area contributed by atoms with Crippen molar-refractivity contribution in [3.8, 4) is 0 Å². The lowest BCUT2D eigenvalue weighted by molar-refractivity contribution is 0.850. The van der Waals surface area contributed by atoms with E-state index in [0.29, 0.717) is 17.6 Å². The smallest absolute Gasteiger partial charge is 0.114 e. The Morgan fingerprint density at radius 1 is 1.19 bits per heavy atom. The Balaban J connectivity index is 2.15. The molecule has 0 unspecified atom stereocenters. The van der Waals surface area contributed by atoms with Crippen molar-refractivity contribution >= 4 is 45.1 Å². The van der Waals surface area contributed by atoms with Crippen molar-refractivity contribution in [2.24, 2.45) is 4.99 Å². The SMILES string of the molecule is CC(C)c1ccccc1N1CN=Cc2cc(Cl)c(Br)cc21. The van der Waals surface area contributed by atoms with Crippen LogP contribution < -0.4 is 4.90 Å². The Labute approximate surface area is 138 Å². The first-order valence-corrected chi connectivity index (χ1v) is 8.10. The molecule has 0 amide bonds. The van der Waals surface area contributed by atoms with Crippen LogP contribution in [0.4, 0.5) is 11.4 Å². The standard InChI is InChI=1S/C17H16BrClN2/c1-11(2)13-5-3-4-6-16(13)21-10-20-9-12-7-15(19)14(18)8-17(12)21/h3-9,11H,10H2,1-2H3. The average molecular weight is 364 g/mol. The van der Waals surface area contributed by atoms with Gasteiger partial charge in [-0.15, -0.1) is 0 Å². The van der Waals surface area contributed by atoms with Gasteiger partial charge in [0, 0.05) is 21.9 Å². The highest BCUT2D eigenvalue weighted by molar-refractivity contribution is 9.10. The molecule has 0 saturated heterocycles. The molecule has 0 bridgehead atoms. The van der Waals surface area contributed by atoms with Gasteiger partial charge in [0.15, 0.2) is 0 Å². The minimum absolute atomic E-state index is 0.464. The fourth-order valence-corrected chi connectivity index (χ4v) is 3.12. The maximum atomic E-state index is 6.19. The van der Waals surface area contributed by atoms with Crippen LogP contribution in [-0.2, 0) is 0 Å². The van der Waals surface area contributed by atoms with Gasteiger partial charge < -0.3 is 4.90 Å². The Morgan fingerprint density at radius 2 is 1.95 bits per heavy atom. The van der Waals surface area contributed by atoms with E-state index in [4.69, 9.17) is 11.6 Å². The number of hydrogen-bond donors (Lipinski definition) is 0. The monoisotopic (exact) mass is 362 g/mol. The van der Waals surface area contributed by atoms with Crippen LogP contribution >= 0.6 is 27.5 Å². The second-order valence-corrected chi connectivity index (χ2v) is 6.68. The number of aliphatic imine (C=N–C) groups is 1. The summed E-state index contributed by atoms with van der Waals surface area (Å²) < 4.78 is 0.908. The summed E-state index contributed by atoms with van der Waals surface area (Å²) in [6.45, 7) is 5.06. The maximum absolute atomic E-state index is 6.19. The molecule has 0 spiro atoms. The fourth-order valence-electron chi connectivity index (χ4n) is 2.61. The maximum Gasteiger partial charge on any atom is 0.114 e. The molecule has 0 aliphatic carbocycles. The molecule has 2 aromatic rings. The third kappa shape index (κ3) is 2.72. The summed E-state index contributed by atoms with van der Waals surface area (Å²) in [4.78, 5) is 6.72. The largest absolute Gasteiger partial charge is 0.320 e. The molecule has 4 heteroatoms. The molecule has 1 heterocycles. The summed E-state index contributed by atoms with van der Waals surface area (Å²) in [5.41, 5.74) is 4.72. The molecule has 0 atom stereocenters. The van der Waals surface area contributed by atoms with Gasteiger partial charge in [0.25, 0.3) is 0 Å². The topological polar surface area (TPSA) is 15.6 Å². The number of anilines is 2. The normalized spacial score (nSPS) is 13.7. The van der Waals surface area contributed by atoms with Crippen LogP contribution in [0.25, 0.3) is 0 Å². The number of nitrogens with zero attached hydrogens (tertiary/aromatic N) is 2. The summed E-state index contributed by atoms with van der Waals surface area (Å²) in [6.07, 6.45) is 1.89. The lowest BCUT2D eigenvalue weighted by atomic mass is 9.99. The average Bonchev–Trinajstić information content (AvgIpc) is 2.48. The predicted molar refractivity (Wildman–Crippen MR) is 94.3 cm³/mol. The van der Waals surface area contributed by atoms with Gasteiger partial charge in [0.1, 0.15) is 6.67 Å². The molecular weight excluding hydrogens is 348 g/mol. The van der Waals surface area contributed by atoms with Gasteiger partial charge >= 0.3 is 0 Å². The first-order chi connectivity index (χ1) is 10.1. The second kappa shape index (κ2) is 5.82. The summed E-state index contributed by atoms with van der Waals surface area (Å²) in [5, 5.41) is 0.708. The molecule has 0 N–H and O–H groups in total. The van der Waals surface area contributed by atoms with E-state index in [9.17, 15) is 0 Å². The molecule has 0 radical (unpaired) electrons. The number of rotatable bonds is 2. The van der Waals surface area contributed by atoms with E-state index < -0.39 is 0 Å². The molecule has 0 aromatic heterocycles. The quantitative estimate of drug-likeness (QED) is 0.663. The van der Waals surface area contributed by atoms with E-state index in [1.54, 1.807) is 0 Å². The number of benzene rings is 2. The molecule has 3 rings (SSSR count). The lowest BCUT2D eigenvalue weighted by Crippen LogP contribution is -2.23. The number of fused-ring (bicyclic) bond motifs is 1. The van der Waals surface area contributed by atoms with Crippen LogP contribution in [-0.4, -0.2) is 12.9 Å². The van der Waals surface area contributed by atoms with Crippen LogP contribution in [0.15, 0.2) is 45.9 Å². The van der Waals surface area contributed by atoms with E-state index in [-0.39, 0.29) is 0 Å². The van der Waals surface area contributed by atoms with E-state index in [2.05, 4.69) is 70.0 Å². The summed E-state index contributed by atoms with van der Waals surface area (Å²) in [7, 11) is 0. The predicted octanol–water partition coefficient (Wildman–Crippen LogP) is 5.75. The number of halogens is 2. The highest BCUT2D eigenvalue weighted by Crippen LogP contribution is 2.38. The van der Waals surface area contributed by atoms with E-state index in [0.717, 1.165) is 15.7 Å². The molecular formula is C17H16BrClN2. The lowest BCUT2D eigenvalue weighted by Gasteiger charge is -2.30. The fraction of sp³-hybridized carbons (Fsp3) is 0.235. The second-order valence-electron chi connectivity index (χ2n) is 5.42. The zero-order valence-electron chi connectivity index (χ0n) is 12.0. The first-order valence-electron chi connectivity index (χ1n) is 6.93. The zero-order chi connectivity index (χ0) is 15.0. The molecule has 1 aliphatic heterocycles. The van der Waals surface area contributed by atoms with Crippen molar-refractivity contribution in [2.75, 3.05) is 11.6 Å². The highest BCUT2D eigenvalue weighted by Gasteiger charge is 2.20. The molecule has 1 aliphatic rings. The van der Waals surface area contributed by atoms with Crippen molar-refractivity contribution in [1.29, 1.82) is 0 Å². The number of para-hydroxylation sites is 1. The molecule has 2 nitrogen and oxygen atoms in total. The van der Waals surface area contributed by atoms with Gasteiger partial charge in [-0.05, 0) is 45.6 Å². The molecule has 108 valence electrons. The van der Waals surface area contributed by atoms with Crippen molar-refractivity contribution in [2.45, 2.75) is 19.8 Å². The number of hydrogen-bond acceptors (Lipinski definition) is 2. The highest BCUT2D eigenvalue weighted by atomic mass is 79.9. The first kappa shape index (κ1) is 14.6. The molecule has 0 saturated carbocycles. The van der Waals surface area contributed by atoms with Crippen LogP contribution in [0.2, 0.25) is 5.02 Å². The van der Waals surface area contributed by atoms with Gasteiger partial charge in [-0.3, -0.25) is 4.99 Å². The minimum atomic E-state index is 0.464. The van der Waals surface area contributed by atoms with Crippen molar-refractivity contribution in [3.05, 3.63) is 57.0 Å². The van der Waals surface area contributed by atoms with Crippen molar-refractivity contribution in [3.63, 3.8) is 0 Å². The van der Waals surface area contributed by atoms with Gasteiger partial charge in [0.05, 0.1) is 10.7 Å². The van der Waals surface area contributed by atoms with Crippen molar-refractivity contribution in [1.82, 2.24) is 0 Å². The van der Waals surface area contributed by atoms with Crippen LogP contribution in [0.5, 0.6) is 0 Å². The van der Waals surface area contributed by atoms with Gasteiger partial charge in [-0.1, -0.05) is 43.6 Å². The van der Waals surface area contributed by atoms with E-state index in [1.165, 1.54) is 11.3 Å². The Bertz CT molecular complexity index is 710. The molecule has 21 heavy (non-hydrogen) atoms. The van der Waals surface area contributed by atoms with Gasteiger partial charge in [-0.2, -0.15) is 0 Å². The van der Waals surface area contributed by atoms with E-state index in [1.807, 2.05) is 12.3 Å². The summed E-state index contributed by atoms with van der Waals surface area (Å²) in [5.74, 6) is 0.464. The Kier molecular flexibility index (Phi) is 4.05. The van der Waals surface area contributed by atoms with Gasteiger partial charge in [-0.25, -0.2) is 0 Å². The summed E-state index contributed by atoms with van der Waals surface area (Å²) in [6, 6.07) is 12.5. The van der Waals surface area contributed by atoms with Crippen molar-refractivity contribution < 1.29 is 0 Å². The van der Waals surface area contributed by atoms with Crippen LogP contribution in [0.1, 0.15) is 30.9 Å². The molecule has 0 fully saturated rings. The Hall–Kier alpha value is -1.32. The third-order valence-corrected chi connectivity index (χ3v) is 4.86. The third-order valence-electron chi connectivity index (χ3n) is 3.66. The van der Waals surface area contributed by atoms with Crippen LogP contribution in [0, 0.1) is 0 Å². The van der Waals surface area contributed by atoms with E-state index >= 15 is 0 Å². The minimum Gasteiger partial charge on any atom is -0.320 e. The van der Waals surface area contributed by atoms with Gasteiger partial charge in [0.2, 0.25) is 0 Å². The summed E-state index contributed by atoms with van der Waals surface area (Å²) >= 11 is 9.71. The Morgan fingerprint density at radius 3 is 2.71 bits per heavy atom. The zero-order valence-corrected chi connectivity index (χ0v) is 14.3. The van der Waals surface area contributed by atoms with Crippen LogP contribution in [0.3, 0.4) is 0 Å². The molecule has 2 aromatic carbocycles.